The first-order valence-corrected chi connectivity index (χ1v) is 7.56. The Kier molecular flexibility index (Phi) is 3.69. The fourth-order valence-electron chi connectivity index (χ4n) is 3.65. The van der Waals surface area contributed by atoms with Crippen LogP contribution in [-0.2, 0) is 6.54 Å². The molecule has 2 atom stereocenters. The number of aryl methyl sites for hydroxylation is 1. The molecule has 0 radical (unpaired) electrons. The topological polar surface area (TPSA) is 55.0 Å². The molecule has 0 aromatic carbocycles. The number of aromatic nitrogens is 2. The third kappa shape index (κ3) is 2.73. The van der Waals surface area contributed by atoms with Gasteiger partial charge in [0.2, 0.25) is 5.95 Å². The van der Waals surface area contributed by atoms with E-state index in [2.05, 4.69) is 14.9 Å². The molecule has 0 amide bonds. The molecule has 1 aromatic heterocycles. The van der Waals surface area contributed by atoms with Crippen LogP contribution in [0.15, 0.2) is 6.07 Å². The van der Waals surface area contributed by atoms with Gasteiger partial charge >= 0.3 is 0 Å². The normalized spacial score (nSPS) is 27.2. The van der Waals surface area contributed by atoms with Gasteiger partial charge in [-0.15, -0.1) is 0 Å². The SMILES string of the molecule is Cc1cc(CN)nc(N2CCC3CCCCC3C2)n1. The lowest BCUT2D eigenvalue weighted by Crippen LogP contribution is -2.42. The summed E-state index contributed by atoms with van der Waals surface area (Å²) in [7, 11) is 0. The van der Waals surface area contributed by atoms with Crippen molar-refractivity contribution in [3.05, 3.63) is 17.5 Å². The Balaban J connectivity index is 1.77. The summed E-state index contributed by atoms with van der Waals surface area (Å²) in [5, 5.41) is 0. The maximum Gasteiger partial charge on any atom is 0.225 e. The highest BCUT2D eigenvalue weighted by molar-refractivity contribution is 5.33. The third-order valence-corrected chi connectivity index (χ3v) is 4.68. The summed E-state index contributed by atoms with van der Waals surface area (Å²) in [6.07, 6.45) is 6.95. The van der Waals surface area contributed by atoms with E-state index in [1.807, 2.05) is 13.0 Å². The fourth-order valence-corrected chi connectivity index (χ4v) is 3.65. The van der Waals surface area contributed by atoms with Crippen LogP contribution >= 0.6 is 0 Å². The summed E-state index contributed by atoms with van der Waals surface area (Å²) < 4.78 is 0. The second-order valence-corrected chi connectivity index (χ2v) is 6.04. The predicted molar refractivity (Wildman–Crippen MR) is 76.9 cm³/mol. The van der Waals surface area contributed by atoms with Crippen molar-refractivity contribution in [3.63, 3.8) is 0 Å². The van der Waals surface area contributed by atoms with E-state index < -0.39 is 0 Å². The molecule has 1 aromatic rings. The summed E-state index contributed by atoms with van der Waals surface area (Å²) >= 11 is 0. The van der Waals surface area contributed by atoms with Gasteiger partial charge in [0.25, 0.3) is 0 Å². The molecule has 4 heteroatoms. The Labute approximate surface area is 115 Å². The molecule has 2 unspecified atom stereocenters. The molecule has 0 bridgehead atoms. The molecular weight excluding hydrogens is 236 g/mol. The molecule has 2 aliphatic rings. The van der Waals surface area contributed by atoms with Gasteiger partial charge < -0.3 is 10.6 Å². The molecule has 1 aliphatic heterocycles. The number of rotatable bonds is 2. The summed E-state index contributed by atoms with van der Waals surface area (Å²) in [6, 6.07) is 1.98. The smallest absolute Gasteiger partial charge is 0.225 e. The zero-order chi connectivity index (χ0) is 13.2. The molecule has 1 aliphatic carbocycles. The lowest BCUT2D eigenvalue weighted by Gasteiger charge is -2.41. The van der Waals surface area contributed by atoms with E-state index >= 15 is 0 Å². The fraction of sp³-hybridized carbons (Fsp3) is 0.733. The Morgan fingerprint density at radius 1 is 1.21 bits per heavy atom. The van der Waals surface area contributed by atoms with Crippen LogP contribution in [0, 0.1) is 18.8 Å². The average molecular weight is 260 g/mol. The van der Waals surface area contributed by atoms with Gasteiger partial charge in [-0.25, -0.2) is 9.97 Å². The van der Waals surface area contributed by atoms with Gasteiger partial charge in [-0.3, -0.25) is 0 Å². The highest BCUT2D eigenvalue weighted by Gasteiger charge is 2.32. The molecule has 1 saturated carbocycles. The minimum absolute atomic E-state index is 0.496. The van der Waals surface area contributed by atoms with E-state index in [9.17, 15) is 0 Å². The molecule has 1 saturated heterocycles. The van der Waals surface area contributed by atoms with E-state index in [0.717, 1.165) is 42.3 Å². The van der Waals surface area contributed by atoms with Crippen molar-refractivity contribution in [1.29, 1.82) is 0 Å². The second-order valence-electron chi connectivity index (χ2n) is 6.04. The first-order chi connectivity index (χ1) is 9.26. The maximum absolute atomic E-state index is 5.71. The van der Waals surface area contributed by atoms with Crippen molar-refractivity contribution in [2.24, 2.45) is 17.6 Å². The van der Waals surface area contributed by atoms with Crippen LogP contribution in [0.3, 0.4) is 0 Å². The predicted octanol–water partition coefficient (Wildman–Crippen LogP) is 2.26. The molecule has 19 heavy (non-hydrogen) atoms. The van der Waals surface area contributed by atoms with Crippen molar-refractivity contribution in [2.75, 3.05) is 18.0 Å². The van der Waals surface area contributed by atoms with Gasteiger partial charge in [-0.2, -0.15) is 0 Å². The monoisotopic (exact) mass is 260 g/mol. The molecule has 4 nitrogen and oxygen atoms in total. The molecule has 2 fully saturated rings. The lowest BCUT2D eigenvalue weighted by atomic mass is 9.75. The Hall–Kier alpha value is -1.16. The van der Waals surface area contributed by atoms with Crippen molar-refractivity contribution in [3.8, 4) is 0 Å². The largest absolute Gasteiger partial charge is 0.341 e. The minimum atomic E-state index is 0.496. The van der Waals surface area contributed by atoms with Crippen molar-refractivity contribution >= 4 is 5.95 Å². The third-order valence-electron chi connectivity index (χ3n) is 4.68. The zero-order valence-electron chi connectivity index (χ0n) is 11.8. The van der Waals surface area contributed by atoms with Gasteiger partial charge in [-0.05, 0) is 37.7 Å². The molecule has 0 spiro atoms. The summed E-state index contributed by atoms with van der Waals surface area (Å²) in [6.45, 7) is 4.76. The maximum atomic E-state index is 5.71. The van der Waals surface area contributed by atoms with E-state index in [4.69, 9.17) is 5.73 Å². The number of anilines is 1. The molecule has 3 rings (SSSR count). The van der Waals surface area contributed by atoms with E-state index in [-0.39, 0.29) is 0 Å². The number of hydrogen-bond donors (Lipinski definition) is 1. The molecule has 2 heterocycles. The lowest BCUT2D eigenvalue weighted by molar-refractivity contribution is 0.201. The minimum Gasteiger partial charge on any atom is -0.341 e. The molecular formula is C15H24N4. The summed E-state index contributed by atoms with van der Waals surface area (Å²) in [4.78, 5) is 11.6. The zero-order valence-corrected chi connectivity index (χ0v) is 11.8. The Bertz CT molecular complexity index is 446. The van der Waals surface area contributed by atoms with Crippen molar-refractivity contribution in [1.82, 2.24) is 9.97 Å². The van der Waals surface area contributed by atoms with Crippen molar-refractivity contribution < 1.29 is 0 Å². The summed E-state index contributed by atoms with van der Waals surface area (Å²) in [5.41, 5.74) is 7.69. The van der Waals surface area contributed by atoms with E-state index in [1.54, 1.807) is 0 Å². The first-order valence-electron chi connectivity index (χ1n) is 7.56. The number of nitrogens with zero attached hydrogens (tertiary/aromatic N) is 3. The number of piperidine rings is 1. The van der Waals surface area contributed by atoms with Crippen LogP contribution in [-0.4, -0.2) is 23.1 Å². The van der Waals surface area contributed by atoms with Crippen LogP contribution in [0.25, 0.3) is 0 Å². The van der Waals surface area contributed by atoms with E-state index in [1.165, 1.54) is 32.1 Å². The average Bonchev–Trinajstić information content (AvgIpc) is 2.46. The van der Waals surface area contributed by atoms with Gasteiger partial charge in [0.15, 0.2) is 0 Å². The standard InChI is InChI=1S/C15H24N4/c1-11-8-14(9-16)18-15(17-11)19-7-6-12-4-2-3-5-13(12)10-19/h8,12-13H,2-7,9-10,16H2,1H3. The molecule has 2 N–H and O–H groups in total. The number of fused-ring (bicyclic) bond motifs is 1. The quantitative estimate of drug-likeness (QED) is 0.886. The van der Waals surface area contributed by atoms with Crippen LogP contribution < -0.4 is 10.6 Å². The molecule has 104 valence electrons. The highest BCUT2D eigenvalue weighted by Crippen LogP contribution is 2.36. The highest BCUT2D eigenvalue weighted by atomic mass is 15.3. The van der Waals surface area contributed by atoms with Gasteiger partial charge in [-0.1, -0.05) is 19.3 Å². The van der Waals surface area contributed by atoms with E-state index in [0.29, 0.717) is 6.54 Å². The van der Waals surface area contributed by atoms with Gasteiger partial charge in [0.05, 0.1) is 5.69 Å². The summed E-state index contributed by atoms with van der Waals surface area (Å²) in [5.74, 6) is 2.70. The Morgan fingerprint density at radius 3 is 2.79 bits per heavy atom. The number of hydrogen-bond acceptors (Lipinski definition) is 4. The van der Waals surface area contributed by atoms with Crippen LogP contribution in [0.2, 0.25) is 0 Å². The second kappa shape index (κ2) is 5.45. The van der Waals surface area contributed by atoms with Gasteiger partial charge in [0, 0.05) is 25.3 Å². The van der Waals surface area contributed by atoms with Gasteiger partial charge in [0.1, 0.15) is 0 Å². The van der Waals surface area contributed by atoms with Crippen molar-refractivity contribution in [2.45, 2.75) is 45.6 Å². The van der Waals surface area contributed by atoms with Crippen LogP contribution in [0.4, 0.5) is 5.95 Å². The Morgan fingerprint density at radius 2 is 2.00 bits per heavy atom. The van der Waals surface area contributed by atoms with Crippen LogP contribution in [0.5, 0.6) is 0 Å². The van der Waals surface area contributed by atoms with Crippen LogP contribution in [0.1, 0.15) is 43.5 Å². The number of nitrogens with two attached hydrogens (primary N) is 1. The first kappa shape index (κ1) is 12.9.